The summed E-state index contributed by atoms with van der Waals surface area (Å²) in [5, 5.41) is 9.38. The Morgan fingerprint density at radius 3 is 2.20 bits per heavy atom. The molecule has 0 aromatic carbocycles. The zero-order valence-electron chi connectivity index (χ0n) is 13.3. The van der Waals surface area contributed by atoms with Crippen LogP contribution < -0.4 is 0 Å². The molecule has 1 unspecified atom stereocenters. The number of carbonyl (C=O) groups excluding carboxylic acids is 1. The summed E-state index contributed by atoms with van der Waals surface area (Å²) in [7, 11) is 0. The van der Waals surface area contributed by atoms with E-state index in [0.29, 0.717) is 12.2 Å². The van der Waals surface area contributed by atoms with Crippen LogP contribution in [0.3, 0.4) is 0 Å². The van der Waals surface area contributed by atoms with Crippen LogP contribution in [0.15, 0.2) is 0 Å². The molecule has 0 aromatic rings. The monoisotopic (exact) mass is 305 g/mol. The van der Waals surface area contributed by atoms with E-state index in [4.69, 9.17) is 4.74 Å². The Labute approximate surface area is 126 Å². The number of aliphatic carboxylic acids is 1. The van der Waals surface area contributed by atoms with Gasteiger partial charge in [0.05, 0.1) is 0 Å². The van der Waals surface area contributed by atoms with Crippen molar-refractivity contribution in [2.75, 3.05) is 11.5 Å². The van der Waals surface area contributed by atoms with Gasteiger partial charge in [0.25, 0.3) is 0 Å². The molecule has 0 aromatic heterocycles. The molecule has 20 heavy (non-hydrogen) atoms. The number of ether oxygens (including phenoxy) is 1. The number of nitrogens with zero attached hydrogens (tertiary/aromatic N) is 1. The fourth-order valence-corrected chi connectivity index (χ4v) is 2.41. The quantitative estimate of drug-likeness (QED) is 0.731. The Balaban J connectivity index is 4.99. The first-order valence-corrected chi connectivity index (χ1v) is 8.07. The minimum Gasteiger partial charge on any atom is -0.480 e. The van der Waals surface area contributed by atoms with Crippen LogP contribution in [-0.2, 0) is 9.53 Å². The van der Waals surface area contributed by atoms with Gasteiger partial charge in [0.1, 0.15) is 11.6 Å². The van der Waals surface area contributed by atoms with E-state index < -0.39 is 23.7 Å². The maximum atomic E-state index is 12.2. The van der Waals surface area contributed by atoms with Crippen LogP contribution in [0.2, 0.25) is 0 Å². The molecule has 0 fully saturated rings. The highest BCUT2D eigenvalue weighted by atomic mass is 32.2. The molecule has 0 spiro atoms. The van der Waals surface area contributed by atoms with Crippen molar-refractivity contribution < 1.29 is 19.4 Å². The van der Waals surface area contributed by atoms with E-state index in [9.17, 15) is 14.7 Å². The topological polar surface area (TPSA) is 66.8 Å². The fraction of sp³-hybridized carbons (Fsp3) is 0.857. The molecule has 0 rings (SSSR count). The summed E-state index contributed by atoms with van der Waals surface area (Å²) in [6, 6.07) is -1.07. The maximum absolute atomic E-state index is 12.2. The largest absolute Gasteiger partial charge is 0.480 e. The third-order valence-electron chi connectivity index (χ3n) is 2.52. The lowest BCUT2D eigenvalue weighted by Crippen LogP contribution is -2.50. The highest BCUT2D eigenvalue weighted by Gasteiger charge is 2.34. The van der Waals surface area contributed by atoms with E-state index in [1.165, 1.54) is 4.90 Å². The number of hydrogen-bond donors (Lipinski definition) is 1. The molecular weight excluding hydrogens is 278 g/mol. The van der Waals surface area contributed by atoms with Gasteiger partial charge in [0.15, 0.2) is 0 Å². The summed E-state index contributed by atoms with van der Waals surface area (Å²) < 4.78 is 5.32. The van der Waals surface area contributed by atoms with Crippen molar-refractivity contribution in [3.63, 3.8) is 0 Å². The van der Waals surface area contributed by atoms with Crippen LogP contribution in [0.5, 0.6) is 0 Å². The minimum absolute atomic E-state index is 0.224. The van der Waals surface area contributed by atoms with Gasteiger partial charge in [-0.3, -0.25) is 4.90 Å². The Kier molecular flexibility index (Phi) is 8.01. The van der Waals surface area contributed by atoms with Crippen LogP contribution in [0.4, 0.5) is 4.79 Å². The maximum Gasteiger partial charge on any atom is 0.411 e. The zero-order valence-corrected chi connectivity index (χ0v) is 14.1. The van der Waals surface area contributed by atoms with Crippen molar-refractivity contribution >= 4 is 23.8 Å². The van der Waals surface area contributed by atoms with Gasteiger partial charge in [-0.25, -0.2) is 9.59 Å². The van der Waals surface area contributed by atoms with Gasteiger partial charge >= 0.3 is 12.1 Å². The van der Waals surface area contributed by atoms with E-state index in [2.05, 4.69) is 0 Å². The molecule has 0 saturated heterocycles. The van der Waals surface area contributed by atoms with Gasteiger partial charge in [0.2, 0.25) is 0 Å². The third kappa shape index (κ3) is 7.03. The lowest BCUT2D eigenvalue weighted by molar-refractivity contribution is -0.144. The predicted octanol–water partition coefficient (Wildman–Crippen LogP) is 3.23. The first-order chi connectivity index (χ1) is 9.10. The van der Waals surface area contributed by atoms with E-state index in [1.807, 2.05) is 6.92 Å². The molecule has 0 aliphatic carbocycles. The van der Waals surface area contributed by atoms with Gasteiger partial charge in [-0.1, -0.05) is 6.92 Å². The number of thioether (sulfide) groups is 1. The molecule has 0 bridgehead atoms. The van der Waals surface area contributed by atoms with Crippen LogP contribution >= 0.6 is 11.8 Å². The Hall–Kier alpha value is -0.910. The second-order valence-corrected chi connectivity index (χ2v) is 7.21. The molecule has 6 heteroatoms. The highest BCUT2D eigenvalue weighted by Crippen LogP contribution is 2.18. The number of carboxylic acids is 1. The van der Waals surface area contributed by atoms with Crippen LogP contribution in [0.25, 0.3) is 0 Å². The lowest BCUT2D eigenvalue weighted by atomic mass is 10.1. The molecule has 5 nitrogen and oxygen atoms in total. The summed E-state index contributed by atoms with van der Waals surface area (Å²) in [6.07, 6.45) is -0.146. The van der Waals surface area contributed by atoms with Gasteiger partial charge in [-0.2, -0.15) is 11.8 Å². The standard InChI is InChI=1S/C14H27NO4S/c1-7-20-9-8-11(12(16)17)15(10(2)3)13(18)19-14(4,5)6/h10-11H,7-9H2,1-6H3,(H,16,17). The molecule has 0 radical (unpaired) electrons. The summed E-state index contributed by atoms with van der Waals surface area (Å²) in [5.74, 6) is 0.654. The van der Waals surface area contributed by atoms with E-state index >= 15 is 0 Å². The molecule has 0 saturated carbocycles. The van der Waals surface area contributed by atoms with Gasteiger partial charge < -0.3 is 9.84 Å². The SMILES string of the molecule is CCSCCC(C(=O)O)N(C(=O)OC(C)(C)C)C(C)C. The molecule has 1 N–H and O–H groups in total. The average Bonchev–Trinajstić information content (AvgIpc) is 2.24. The smallest absolute Gasteiger partial charge is 0.411 e. The molecule has 1 atom stereocenters. The molecule has 0 heterocycles. The zero-order chi connectivity index (χ0) is 15.9. The minimum atomic E-state index is -0.985. The van der Waals surface area contributed by atoms with Gasteiger partial charge in [-0.05, 0) is 52.5 Å². The number of carbonyl (C=O) groups is 2. The lowest BCUT2D eigenvalue weighted by Gasteiger charge is -2.34. The highest BCUT2D eigenvalue weighted by molar-refractivity contribution is 7.99. The normalized spacial score (nSPS) is 13.2. The predicted molar refractivity (Wildman–Crippen MR) is 82.2 cm³/mol. The van der Waals surface area contributed by atoms with Crippen LogP contribution in [-0.4, -0.2) is 51.3 Å². The molecular formula is C14H27NO4S. The Morgan fingerprint density at radius 1 is 1.30 bits per heavy atom. The van der Waals surface area contributed by atoms with E-state index in [1.54, 1.807) is 46.4 Å². The molecule has 1 amide bonds. The van der Waals surface area contributed by atoms with Crippen molar-refractivity contribution in [1.29, 1.82) is 0 Å². The first kappa shape index (κ1) is 19.1. The Morgan fingerprint density at radius 2 is 1.85 bits per heavy atom. The van der Waals surface area contributed by atoms with Gasteiger partial charge in [0, 0.05) is 6.04 Å². The van der Waals surface area contributed by atoms with E-state index in [0.717, 1.165) is 5.75 Å². The summed E-state index contributed by atoms with van der Waals surface area (Å²) in [5.41, 5.74) is -0.633. The second-order valence-electron chi connectivity index (χ2n) is 5.82. The second kappa shape index (κ2) is 8.39. The average molecular weight is 305 g/mol. The van der Waals surface area contributed by atoms with Crippen molar-refractivity contribution in [2.45, 2.75) is 65.6 Å². The molecule has 118 valence electrons. The molecule has 0 aliphatic rings. The van der Waals surface area contributed by atoms with Crippen molar-refractivity contribution in [1.82, 2.24) is 4.90 Å². The number of hydrogen-bond acceptors (Lipinski definition) is 4. The summed E-state index contributed by atoms with van der Waals surface area (Å²) in [4.78, 5) is 25.0. The van der Waals surface area contributed by atoms with Crippen molar-refractivity contribution in [3.05, 3.63) is 0 Å². The van der Waals surface area contributed by atoms with Crippen molar-refractivity contribution in [2.24, 2.45) is 0 Å². The summed E-state index contributed by atoms with van der Waals surface area (Å²) >= 11 is 1.67. The van der Waals surface area contributed by atoms with Gasteiger partial charge in [-0.15, -0.1) is 0 Å². The van der Waals surface area contributed by atoms with E-state index in [-0.39, 0.29) is 6.04 Å². The fourth-order valence-electron chi connectivity index (χ4n) is 1.73. The summed E-state index contributed by atoms with van der Waals surface area (Å²) in [6.45, 7) is 10.9. The van der Waals surface area contributed by atoms with Crippen LogP contribution in [0.1, 0.15) is 48.0 Å². The van der Waals surface area contributed by atoms with Crippen LogP contribution in [0, 0.1) is 0 Å². The Bertz CT molecular complexity index is 326. The first-order valence-electron chi connectivity index (χ1n) is 6.92. The third-order valence-corrected chi connectivity index (χ3v) is 3.45. The number of carboxylic acid groups (broad SMARTS) is 1. The number of rotatable bonds is 7. The number of amides is 1. The van der Waals surface area contributed by atoms with Crippen molar-refractivity contribution in [3.8, 4) is 0 Å². The molecule has 0 aliphatic heterocycles.